The van der Waals surface area contributed by atoms with Crippen LogP contribution in [0, 0.1) is 6.07 Å². The maximum atomic E-state index is 5.77. The molecule has 1 aromatic rings. The largest absolute Gasteiger partial charge is 0.0840 e. The fourth-order valence-electron chi connectivity index (χ4n) is 0.943. The van der Waals surface area contributed by atoms with Crippen molar-refractivity contribution < 1.29 is 0 Å². The van der Waals surface area contributed by atoms with E-state index in [2.05, 4.69) is 25.1 Å². The second-order valence-electron chi connectivity index (χ2n) is 2.66. The monoisotopic (exact) mass is 179 g/mol. The van der Waals surface area contributed by atoms with Crippen LogP contribution in [0.25, 0.3) is 6.08 Å². The minimum atomic E-state index is 0.675. The van der Waals surface area contributed by atoms with Gasteiger partial charge < -0.3 is 0 Å². The molecule has 1 rings (SSSR count). The molecule has 0 bridgehead atoms. The summed E-state index contributed by atoms with van der Waals surface area (Å²) >= 11 is 5.77. The van der Waals surface area contributed by atoms with Gasteiger partial charge in [-0.25, -0.2) is 0 Å². The van der Waals surface area contributed by atoms with Gasteiger partial charge in [-0.15, -0.1) is 0 Å². The first-order valence-electron chi connectivity index (χ1n) is 4.16. The van der Waals surface area contributed by atoms with E-state index in [-0.39, 0.29) is 0 Å². The topological polar surface area (TPSA) is 0 Å². The molecule has 0 saturated heterocycles. The summed E-state index contributed by atoms with van der Waals surface area (Å²) in [5.74, 6) is 0. The van der Waals surface area contributed by atoms with E-state index < -0.39 is 0 Å². The van der Waals surface area contributed by atoms with Crippen molar-refractivity contribution in [1.82, 2.24) is 0 Å². The fourth-order valence-corrected chi connectivity index (χ4v) is 1.13. The Morgan fingerprint density at radius 3 is 3.08 bits per heavy atom. The molecule has 0 aliphatic heterocycles. The highest BCUT2D eigenvalue weighted by atomic mass is 35.5. The van der Waals surface area contributed by atoms with E-state index in [1.165, 1.54) is 6.42 Å². The summed E-state index contributed by atoms with van der Waals surface area (Å²) in [6, 6.07) is 8.64. The number of halogens is 1. The summed E-state index contributed by atoms with van der Waals surface area (Å²) in [4.78, 5) is 0. The molecule has 0 N–H and O–H groups in total. The van der Waals surface area contributed by atoms with Gasteiger partial charge in [0.1, 0.15) is 0 Å². The Kier molecular flexibility index (Phi) is 3.89. The first-order chi connectivity index (χ1) is 5.83. The van der Waals surface area contributed by atoms with Crippen LogP contribution in [-0.4, -0.2) is 0 Å². The van der Waals surface area contributed by atoms with Gasteiger partial charge in [0.15, 0.2) is 0 Å². The Hall–Kier alpha value is -0.750. The van der Waals surface area contributed by atoms with E-state index in [1.807, 2.05) is 18.2 Å². The lowest BCUT2D eigenvalue weighted by Crippen LogP contribution is -1.71. The highest BCUT2D eigenvalue weighted by Gasteiger charge is 1.87. The summed E-state index contributed by atoms with van der Waals surface area (Å²) in [5, 5.41) is 0.675. The summed E-state index contributed by atoms with van der Waals surface area (Å²) in [7, 11) is 0. The van der Waals surface area contributed by atoms with Crippen molar-refractivity contribution in [1.29, 1.82) is 0 Å². The van der Waals surface area contributed by atoms with E-state index in [9.17, 15) is 0 Å². The second kappa shape index (κ2) is 5.00. The number of unbranched alkanes of at least 4 members (excludes halogenated alkanes) is 1. The summed E-state index contributed by atoms with van der Waals surface area (Å²) < 4.78 is 0. The molecule has 1 aromatic carbocycles. The SMILES string of the molecule is CCC/C=C/c1cc[c]c(Cl)c1. The molecule has 0 spiro atoms. The molecule has 0 aliphatic carbocycles. The molecule has 63 valence electrons. The minimum absolute atomic E-state index is 0.675. The molecule has 0 fully saturated rings. The second-order valence-corrected chi connectivity index (χ2v) is 3.07. The number of hydrogen-bond acceptors (Lipinski definition) is 0. The van der Waals surface area contributed by atoms with Crippen LogP contribution in [0.5, 0.6) is 0 Å². The Morgan fingerprint density at radius 2 is 2.42 bits per heavy atom. The zero-order chi connectivity index (χ0) is 8.81. The fraction of sp³-hybridized carbons (Fsp3) is 0.273. The van der Waals surface area contributed by atoms with Crippen molar-refractivity contribution >= 4 is 17.7 Å². The Morgan fingerprint density at radius 1 is 1.58 bits per heavy atom. The molecule has 0 atom stereocenters. The smallest absolute Gasteiger partial charge is 0.0490 e. The third-order valence-corrected chi connectivity index (χ3v) is 1.77. The molecule has 0 aliphatic rings. The minimum Gasteiger partial charge on any atom is -0.0840 e. The molecular formula is C11H12Cl. The average molecular weight is 180 g/mol. The van der Waals surface area contributed by atoms with E-state index in [1.54, 1.807) is 0 Å². The van der Waals surface area contributed by atoms with Crippen LogP contribution in [0.15, 0.2) is 24.3 Å². The zero-order valence-corrected chi connectivity index (χ0v) is 7.93. The van der Waals surface area contributed by atoms with Gasteiger partial charge in [-0.05, 0) is 18.1 Å². The predicted octanol–water partition coefficient (Wildman–Crippen LogP) is 3.95. The number of rotatable bonds is 3. The van der Waals surface area contributed by atoms with E-state index >= 15 is 0 Å². The summed E-state index contributed by atoms with van der Waals surface area (Å²) in [6.07, 6.45) is 6.55. The normalized spacial score (nSPS) is 10.8. The lowest BCUT2D eigenvalue weighted by Gasteiger charge is -1.92. The van der Waals surface area contributed by atoms with Gasteiger partial charge >= 0.3 is 0 Å². The lowest BCUT2D eigenvalue weighted by atomic mass is 10.2. The van der Waals surface area contributed by atoms with E-state index in [0.29, 0.717) is 5.02 Å². The van der Waals surface area contributed by atoms with Gasteiger partial charge in [0, 0.05) is 11.1 Å². The maximum absolute atomic E-state index is 5.77. The van der Waals surface area contributed by atoms with Gasteiger partial charge in [0.05, 0.1) is 0 Å². The molecule has 0 aromatic heterocycles. The Bertz CT molecular complexity index is 263. The lowest BCUT2D eigenvalue weighted by molar-refractivity contribution is 0.962. The van der Waals surface area contributed by atoms with Crippen molar-refractivity contribution in [3.63, 3.8) is 0 Å². The van der Waals surface area contributed by atoms with Crippen LogP contribution in [0.3, 0.4) is 0 Å². The highest BCUT2D eigenvalue weighted by molar-refractivity contribution is 6.30. The molecule has 0 unspecified atom stereocenters. The molecule has 0 nitrogen and oxygen atoms in total. The third-order valence-electron chi connectivity index (χ3n) is 1.56. The molecule has 0 heterocycles. The maximum Gasteiger partial charge on any atom is 0.0490 e. The summed E-state index contributed by atoms with van der Waals surface area (Å²) in [6.45, 7) is 2.16. The van der Waals surface area contributed by atoms with Crippen molar-refractivity contribution in [2.75, 3.05) is 0 Å². The van der Waals surface area contributed by atoms with Gasteiger partial charge in [0.2, 0.25) is 0 Å². The molecule has 0 saturated carbocycles. The van der Waals surface area contributed by atoms with Crippen molar-refractivity contribution in [3.8, 4) is 0 Å². The average Bonchev–Trinajstić information content (AvgIpc) is 2.05. The number of allylic oxidation sites excluding steroid dienone is 1. The Labute approximate surface area is 78.9 Å². The van der Waals surface area contributed by atoms with Crippen LogP contribution in [-0.2, 0) is 0 Å². The van der Waals surface area contributed by atoms with Crippen molar-refractivity contribution in [2.24, 2.45) is 0 Å². The molecular weight excluding hydrogens is 168 g/mol. The van der Waals surface area contributed by atoms with Gasteiger partial charge in [0.25, 0.3) is 0 Å². The van der Waals surface area contributed by atoms with Gasteiger partial charge in [-0.1, -0.05) is 49.2 Å². The third kappa shape index (κ3) is 3.10. The number of hydrogen-bond donors (Lipinski definition) is 0. The van der Waals surface area contributed by atoms with Gasteiger partial charge in [-0.3, -0.25) is 0 Å². The van der Waals surface area contributed by atoms with Crippen molar-refractivity contribution in [3.05, 3.63) is 40.9 Å². The van der Waals surface area contributed by atoms with Crippen LogP contribution in [0.1, 0.15) is 25.3 Å². The van der Waals surface area contributed by atoms with Gasteiger partial charge in [-0.2, -0.15) is 0 Å². The van der Waals surface area contributed by atoms with Crippen molar-refractivity contribution in [2.45, 2.75) is 19.8 Å². The first kappa shape index (κ1) is 9.34. The number of benzene rings is 1. The Balaban J connectivity index is 2.63. The van der Waals surface area contributed by atoms with Crippen LogP contribution in [0.4, 0.5) is 0 Å². The zero-order valence-electron chi connectivity index (χ0n) is 7.18. The highest BCUT2D eigenvalue weighted by Crippen LogP contribution is 2.11. The molecule has 1 radical (unpaired) electrons. The standard InChI is InChI=1S/C11H12Cl/c1-2-3-4-6-10-7-5-8-11(12)9-10/h4-7,9H,2-3H2,1H3/b6-4+. The summed E-state index contributed by atoms with van der Waals surface area (Å²) in [5.41, 5.74) is 1.15. The van der Waals surface area contributed by atoms with Crippen LogP contribution >= 0.6 is 11.6 Å². The molecule has 0 amide bonds. The first-order valence-corrected chi connectivity index (χ1v) is 4.54. The van der Waals surface area contributed by atoms with Crippen LogP contribution < -0.4 is 0 Å². The molecule has 12 heavy (non-hydrogen) atoms. The van der Waals surface area contributed by atoms with E-state index in [0.717, 1.165) is 12.0 Å². The molecule has 1 heteroatoms. The van der Waals surface area contributed by atoms with Crippen LogP contribution in [0.2, 0.25) is 5.02 Å². The quantitative estimate of drug-likeness (QED) is 0.659. The van der Waals surface area contributed by atoms with E-state index in [4.69, 9.17) is 11.6 Å². The predicted molar refractivity (Wildman–Crippen MR) is 54.2 cm³/mol.